The first-order chi connectivity index (χ1) is 8.35. The first-order valence-corrected chi connectivity index (χ1v) is 5.80. The van der Waals surface area contributed by atoms with E-state index in [4.69, 9.17) is 5.11 Å². The molecule has 0 aromatic carbocycles. The van der Waals surface area contributed by atoms with Crippen LogP contribution in [0.1, 0.15) is 19.4 Å². The normalized spacial score (nSPS) is 24.4. The van der Waals surface area contributed by atoms with Crippen molar-refractivity contribution >= 4 is 17.6 Å². The van der Waals surface area contributed by atoms with Crippen molar-refractivity contribution < 1.29 is 14.7 Å². The number of carbonyl (C=O) groups excluding carboxylic acids is 1. The topological polar surface area (TPSA) is 79.3 Å². The lowest BCUT2D eigenvalue weighted by atomic mass is 10.1. The third kappa shape index (κ3) is 1.96. The van der Waals surface area contributed by atoms with Crippen LogP contribution in [0, 0.1) is 24.2 Å². The summed E-state index contributed by atoms with van der Waals surface area (Å²) in [5.41, 5.74) is 1.06. The monoisotopic (exact) mass is 248 g/mol. The fourth-order valence-electron chi connectivity index (χ4n) is 2.41. The van der Waals surface area contributed by atoms with Gasteiger partial charge >= 0.3 is 5.97 Å². The van der Waals surface area contributed by atoms with Crippen molar-refractivity contribution in [3.05, 3.63) is 24.0 Å². The number of aryl methyl sites for hydroxylation is 1. The third-order valence-electron chi connectivity index (χ3n) is 3.65. The predicted molar refractivity (Wildman–Crippen MR) is 66.0 cm³/mol. The molecule has 0 spiro atoms. The quantitative estimate of drug-likeness (QED) is 0.853. The van der Waals surface area contributed by atoms with Gasteiger partial charge < -0.3 is 10.4 Å². The van der Waals surface area contributed by atoms with Crippen LogP contribution in [-0.2, 0) is 9.59 Å². The molecule has 0 aliphatic heterocycles. The Morgan fingerprint density at radius 2 is 2.06 bits per heavy atom. The van der Waals surface area contributed by atoms with Crippen LogP contribution in [-0.4, -0.2) is 22.0 Å². The zero-order valence-corrected chi connectivity index (χ0v) is 10.6. The molecule has 2 atom stereocenters. The van der Waals surface area contributed by atoms with E-state index in [1.165, 1.54) is 0 Å². The molecule has 2 N–H and O–H groups in total. The van der Waals surface area contributed by atoms with Crippen LogP contribution in [0.5, 0.6) is 0 Å². The van der Waals surface area contributed by atoms with Crippen molar-refractivity contribution in [1.82, 2.24) is 4.98 Å². The van der Waals surface area contributed by atoms with Crippen molar-refractivity contribution in [3.8, 4) is 0 Å². The van der Waals surface area contributed by atoms with Crippen LogP contribution in [0.4, 0.5) is 5.69 Å². The van der Waals surface area contributed by atoms with Crippen LogP contribution in [0.3, 0.4) is 0 Å². The maximum atomic E-state index is 12.1. The Kier molecular flexibility index (Phi) is 2.84. The molecule has 2 rings (SSSR count). The molecule has 1 aromatic rings. The number of amides is 1. The van der Waals surface area contributed by atoms with Gasteiger partial charge in [0.2, 0.25) is 5.91 Å². The molecule has 18 heavy (non-hydrogen) atoms. The lowest BCUT2D eigenvalue weighted by Crippen LogP contribution is -2.18. The van der Waals surface area contributed by atoms with Crippen molar-refractivity contribution in [2.24, 2.45) is 17.3 Å². The molecule has 1 heterocycles. The van der Waals surface area contributed by atoms with Crippen molar-refractivity contribution in [1.29, 1.82) is 0 Å². The van der Waals surface area contributed by atoms with Crippen LogP contribution < -0.4 is 5.32 Å². The van der Waals surface area contributed by atoms with Gasteiger partial charge in [-0.15, -0.1) is 0 Å². The minimum atomic E-state index is -0.911. The smallest absolute Gasteiger partial charge is 0.307 e. The molecule has 0 radical (unpaired) electrons. The number of nitrogens with zero attached hydrogens (tertiary/aromatic N) is 1. The summed E-state index contributed by atoms with van der Waals surface area (Å²) in [4.78, 5) is 27.0. The maximum Gasteiger partial charge on any atom is 0.307 e. The number of carbonyl (C=O) groups is 2. The van der Waals surface area contributed by atoms with Crippen molar-refractivity contribution in [2.45, 2.75) is 20.8 Å². The van der Waals surface area contributed by atoms with E-state index in [2.05, 4.69) is 10.3 Å². The molecule has 0 saturated heterocycles. The highest BCUT2D eigenvalue weighted by atomic mass is 16.4. The molecule has 0 bridgehead atoms. The summed E-state index contributed by atoms with van der Waals surface area (Å²) in [7, 11) is 0. The van der Waals surface area contributed by atoms with Gasteiger partial charge in [-0.3, -0.25) is 14.6 Å². The molecule has 1 aliphatic carbocycles. The molecule has 1 fully saturated rings. The summed E-state index contributed by atoms with van der Waals surface area (Å²) >= 11 is 0. The summed E-state index contributed by atoms with van der Waals surface area (Å²) in [6.45, 7) is 5.44. The van der Waals surface area contributed by atoms with Gasteiger partial charge in [0.25, 0.3) is 0 Å². The highest BCUT2D eigenvalue weighted by Crippen LogP contribution is 2.58. The fourth-order valence-corrected chi connectivity index (χ4v) is 2.41. The van der Waals surface area contributed by atoms with E-state index in [9.17, 15) is 9.59 Å². The van der Waals surface area contributed by atoms with E-state index in [1.54, 1.807) is 32.3 Å². The number of aliphatic carboxylic acids is 1. The number of carboxylic acid groups (broad SMARTS) is 1. The summed E-state index contributed by atoms with van der Waals surface area (Å²) in [5.74, 6) is -2.21. The molecule has 1 saturated carbocycles. The molecule has 1 aromatic heterocycles. The molecule has 5 nitrogen and oxygen atoms in total. The summed E-state index contributed by atoms with van der Waals surface area (Å²) < 4.78 is 0. The van der Waals surface area contributed by atoms with Gasteiger partial charge in [0.1, 0.15) is 0 Å². The van der Waals surface area contributed by atoms with Gasteiger partial charge in [0, 0.05) is 18.1 Å². The molecule has 0 unspecified atom stereocenters. The SMILES string of the molecule is Cc1cnccc1NC(=O)[C@H]1[C@@H](C(=O)O)C1(C)C. The number of anilines is 1. The molecule has 1 amide bonds. The van der Waals surface area contributed by atoms with Gasteiger partial charge in [-0.2, -0.15) is 0 Å². The minimum Gasteiger partial charge on any atom is -0.481 e. The second-order valence-electron chi connectivity index (χ2n) is 5.29. The number of hydrogen-bond acceptors (Lipinski definition) is 3. The summed E-state index contributed by atoms with van der Waals surface area (Å²) in [6.07, 6.45) is 3.25. The second-order valence-corrected chi connectivity index (χ2v) is 5.29. The Morgan fingerprint density at radius 1 is 1.39 bits per heavy atom. The number of nitrogens with one attached hydrogen (secondary N) is 1. The Balaban J connectivity index is 2.11. The summed E-state index contributed by atoms with van der Waals surface area (Å²) in [5, 5.41) is 11.8. The summed E-state index contributed by atoms with van der Waals surface area (Å²) in [6, 6.07) is 1.71. The highest BCUT2D eigenvalue weighted by molar-refractivity contribution is 6.00. The molecule has 5 heteroatoms. The van der Waals surface area contributed by atoms with E-state index < -0.39 is 23.2 Å². The first-order valence-electron chi connectivity index (χ1n) is 5.80. The Bertz CT molecular complexity index is 511. The number of aromatic nitrogens is 1. The Hall–Kier alpha value is -1.91. The van der Waals surface area contributed by atoms with Crippen molar-refractivity contribution in [2.75, 3.05) is 5.32 Å². The Morgan fingerprint density at radius 3 is 2.56 bits per heavy atom. The van der Waals surface area contributed by atoms with Gasteiger partial charge in [-0.1, -0.05) is 13.8 Å². The van der Waals surface area contributed by atoms with Gasteiger partial charge in [0.15, 0.2) is 0 Å². The average molecular weight is 248 g/mol. The number of hydrogen-bond donors (Lipinski definition) is 2. The molecule has 1 aliphatic rings. The largest absolute Gasteiger partial charge is 0.481 e. The number of rotatable bonds is 3. The zero-order valence-electron chi connectivity index (χ0n) is 10.6. The van der Waals surface area contributed by atoms with Crippen LogP contribution in [0.25, 0.3) is 0 Å². The van der Waals surface area contributed by atoms with E-state index >= 15 is 0 Å². The van der Waals surface area contributed by atoms with Gasteiger partial charge in [0.05, 0.1) is 11.8 Å². The van der Waals surface area contributed by atoms with Gasteiger partial charge in [-0.05, 0) is 24.0 Å². The Labute approximate surface area is 105 Å². The van der Waals surface area contributed by atoms with E-state index in [0.29, 0.717) is 5.69 Å². The van der Waals surface area contributed by atoms with E-state index in [0.717, 1.165) is 5.56 Å². The minimum absolute atomic E-state index is 0.235. The fraction of sp³-hybridized carbons (Fsp3) is 0.462. The molecule has 96 valence electrons. The maximum absolute atomic E-state index is 12.1. The number of pyridine rings is 1. The lowest BCUT2D eigenvalue weighted by molar-refractivity contribution is -0.140. The number of carboxylic acids is 1. The van der Waals surface area contributed by atoms with E-state index in [-0.39, 0.29) is 5.91 Å². The van der Waals surface area contributed by atoms with Gasteiger partial charge in [-0.25, -0.2) is 0 Å². The van der Waals surface area contributed by atoms with Crippen LogP contribution in [0.2, 0.25) is 0 Å². The molecular weight excluding hydrogens is 232 g/mol. The lowest BCUT2D eigenvalue weighted by Gasteiger charge is -2.08. The van der Waals surface area contributed by atoms with Crippen molar-refractivity contribution in [3.63, 3.8) is 0 Å². The predicted octanol–water partition coefficient (Wildman–Crippen LogP) is 1.69. The average Bonchev–Trinajstić information content (AvgIpc) is 2.85. The standard InChI is InChI=1S/C13H16N2O3/c1-7-6-14-5-4-8(7)15-11(16)9-10(12(17)18)13(9,2)3/h4-6,9-10H,1-3H3,(H,17,18)(H,14,15,16)/t9-,10+/m1/s1. The van der Waals surface area contributed by atoms with Crippen LogP contribution >= 0.6 is 0 Å². The van der Waals surface area contributed by atoms with E-state index in [1.807, 2.05) is 6.92 Å². The first kappa shape index (κ1) is 12.5. The molecular formula is C13H16N2O3. The second kappa shape index (κ2) is 4.08. The zero-order chi connectivity index (χ0) is 13.5. The van der Waals surface area contributed by atoms with Crippen LogP contribution in [0.15, 0.2) is 18.5 Å². The third-order valence-corrected chi connectivity index (χ3v) is 3.65. The highest BCUT2D eigenvalue weighted by Gasteiger charge is 2.65.